The van der Waals surface area contributed by atoms with Crippen LogP contribution in [0.3, 0.4) is 0 Å². The van der Waals surface area contributed by atoms with Crippen LogP contribution in [0.5, 0.6) is 5.75 Å². The van der Waals surface area contributed by atoms with Crippen LogP contribution in [0.4, 0.5) is 5.69 Å². The molecule has 2 aromatic carbocycles. The molecule has 0 fully saturated rings. The average molecular weight is 346 g/mol. The van der Waals surface area contributed by atoms with E-state index in [9.17, 15) is 8.42 Å². The standard InChI is InChI=1S/C18H22N2O3S/c1-19(2)15-12-14-8-4-5-9-16(14)20(13-15)24(21,22)18-11-7-6-10-17(18)23-3/h4-11,15H,12-13H2,1-3H3/t15-/m0/s1. The van der Waals surface area contributed by atoms with Crippen LogP contribution in [0.2, 0.25) is 0 Å². The Labute approximate surface area is 143 Å². The molecule has 5 nitrogen and oxygen atoms in total. The van der Waals surface area contributed by atoms with Gasteiger partial charge in [-0.3, -0.25) is 4.31 Å². The van der Waals surface area contributed by atoms with Crippen LogP contribution in [0.25, 0.3) is 0 Å². The highest BCUT2D eigenvalue weighted by Gasteiger charge is 2.35. The number of anilines is 1. The van der Waals surface area contributed by atoms with E-state index < -0.39 is 10.0 Å². The normalized spacial score (nSPS) is 17.7. The number of benzene rings is 2. The number of likely N-dealkylation sites (N-methyl/N-ethyl adjacent to an activating group) is 1. The Morgan fingerprint density at radius 1 is 1.08 bits per heavy atom. The molecule has 0 aliphatic carbocycles. The van der Waals surface area contributed by atoms with Gasteiger partial charge in [-0.05, 0) is 44.3 Å². The number of hydrogen-bond donors (Lipinski definition) is 0. The number of fused-ring (bicyclic) bond motifs is 1. The summed E-state index contributed by atoms with van der Waals surface area (Å²) >= 11 is 0. The number of methoxy groups -OCH3 is 1. The van der Waals surface area contributed by atoms with Crippen LogP contribution in [-0.2, 0) is 16.4 Å². The summed E-state index contributed by atoms with van der Waals surface area (Å²) in [6, 6.07) is 14.6. The Kier molecular flexibility index (Phi) is 4.51. The molecule has 0 radical (unpaired) electrons. The van der Waals surface area contributed by atoms with Crippen LogP contribution < -0.4 is 9.04 Å². The van der Waals surface area contributed by atoms with Crippen molar-refractivity contribution < 1.29 is 13.2 Å². The molecule has 24 heavy (non-hydrogen) atoms. The van der Waals surface area contributed by atoms with E-state index in [0.29, 0.717) is 12.3 Å². The molecule has 1 aliphatic heterocycles. The molecule has 6 heteroatoms. The lowest BCUT2D eigenvalue weighted by atomic mass is 9.99. The molecule has 1 aliphatic rings. The number of ether oxygens (including phenoxy) is 1. The third kappa shape index (κ3) is 2.87. The smallest absolute Gasteiger partial charge is 0.268 e. The fraction of sp³-hybridized carbons (Fsp3) is 0.333. The van der Waals surface area contributed by atoms with Crippen molar-refractivity contribution in [3.05, 3.63) is 54.1 Å². The van der Waals surface area contributed by atoms with Gasteiger partial charge >= 0.3 is 0 Å². The monoisotopic (exact) mass is 346 g/mol. The molecule has 0 saturated carbocycles. The summed E-state index contributed by atoms with van der Waals surface area (Å²) in [5.41, 5.74) is 1.79. The van der Waals surface area contributed by atoms with Crippen LogP contribution in [0.15, 0.2) is 53.4 Å². The summed E-state index contributed by atoms with van der Waals surface area (Å²) < 4.78 is 33.4. The quantitative estimate of drug-likeness (QED) is 0.853. The maximum atomic E-state index is 13.3. The summed E-state index contributed by atoms with van der Waals surface area (Å²) in [6.07, 6.45) is 0.834. The fourth-order valence-corrected chi connectivity index (χ4v) is 4.76. The second kappa shape index (κ2) is 6.45. The minimum absolute atomic E-state index is 0.129. The van der Waals surface area contributed by atoms with Crippen LogP contribution >= 0.6 is 0 Å². The van der Waals surface area contributed by atoms with E-state index in [1.807, 2.05) is 38.4 Å². The highest BCUT2D eigenvalue weighted by molar-refractivity contribution is 7.93. The third-order valence-corrected chi connectivity index (χ3v) is 6.28. The molecule has 0 N–H and O–H groups in total. The topological polar surface area (TPSA) is 49.9 Å². The van der Waals surface area contributed by atoms with Gasteiger partial charge in [-0.25, -0.2) is 8.42 Å². The van der Waals surface area contributed by atoms with Gasteiger partial charge in [0, 0.05) is 6.04 Å². The summed E-state index contributed by atoms with van der Waals surface area (Å²) in [5, 5.41) is 0. The molecular weight excluding hydrogens is 324 g/mol. The molecule has 0 bridgehead atoms. The molecule has 2 aromatic rings. The molecule has 0 unspecified atom stereocenters. The van der Waals surface area contributed by atoms with Crippen molar-refractivity contribution >= 4 is 15.7 Å². The highest BCUT2D eigenvalue weighted by atomic mass is 32.2. The van der Waals surface area contributed by atoms with E-state index >= 15 is 0 Å². The largest absolute Gasteiger partial charge is 0.495 e. The second-order valence-corrected chi connectivity index (χ2v) is 7.97. The number of hydrogen-bond acceptors (Lipinski definition) is 4. The van der Waals surface area contributed by atoms with Gasteiger partial charge in [-0.1, -0.05) is 30.3 Å². The first kappa shape index (κ1) is 16.8. The van der Waals surface area contributed by atoms with Gasteiger partial charge in [0.05, 0.1) is 19.3 Å². The van der Waals surface area contributed by atoms with Crippen LogP contribution in [0, 0.1) is 0 Å². The number of para-hydroxylation sites is 2. The zero-order valence-corrected chi connectivity index (χ0v) is 15.0. The lowest BCUT2D eigenvalue weighted by Crippen LogP contribution is -2.48. The Morgan fingerprint density at radius 3 is 2.46 bits per heavy atom. The van der Waals surface area contributed by atoms with Gasteiger partial charge in [-0.15, -0.1) is 0 Å². The minimum Gasteiger partial charge on any atom is -0.495 e. The minimum atomic E-state index is -3.70. The van der Waals surface area contributed by atoms with E-state index in [0.717, 1.165) is 17.7 Å². The zero-order chi connectivity index (χ0) is 17.3. The summed E-state index contributed by atoms with van der Waals surface area (Å²) in [4.78, 5) is 2.27. The van der Waals surface area contributed by atoms with Gasteiger partial charge in [0.2, 0.25) is 0 Å². The molecule has 1 heterocycles. The van der Waals surface area contributed by atoms with Crippen LogP contribution in [0.1, 0.15) is 5.56 Å². The van der Waals surface area contributed by atoms with Gasteiger partial charge in [0.15, 0.2) is 0 Å². The first-order chi connectivity index (χ1) is 11.4. The number of rotatable bonds is 4. The number of sulfonamides is 1. The summed E-state index contributed by atoms with van der Waals surface area (Å²) in [5.74, 6) is 0.363. The Bertz CT molecular complexity index is 834. The Hall–Kier alpha value is -2.05. The molecule has 0 saturated heterocycles. The predicted octanol–water partition coefficient (Wildman–Crippen LogP) is 2.38. The van der Waals surface area contributed by atoms with Gasteiger partial charge in [-0.2, -0.15) is 0 Å². The number of nitrogens with zero attached hydrogens (tertiary/aromatic N) is 2. The average Bonchev–Trinajstić information content (AvgIpc) is 2.60. The molecule has 128 valence electrons. The van der Waals surface area contributed by atoms with E-state index in [4.69, 9.17) is 4.74 Å². The molecule has 3 rings (SSSR count). The first-order valence-corrected chi connectivity index (χ1v) is 9.29. The lowest BCUT2D eigenvalue weighted by molar-refractivity contribution is 0.293. The molecule has 0 aromatic heterocycles. The third-order valence-electron chi connectivity index (χ3n) is 4.46. The maximum absolute atomic E-state index is 13.3. The summed E-state index contributed by atoms with van der Waals surface area (Å²) in [6.45, 7) is 0.421. The van der Waals surface area contributed by atoms with E-state index in [-0.39, 0.29) is 10.9 Å². The SMILES string of the molecule is COc1ccccc1S(=O)(=O)N1C[C@@H](N(C)C)Cc2ccccc21. The maximum Gasteiger partial charge on any atom is 0.268 e. The Morgan fingerprint density at radius 2 is 1.75 bits per heavy atom. The highest BCUT2D eigenvalue weighted by Crippen LogP contribution is 2.35. The van der Waals surface area contributed by atoms with Crippen molar-refractivity contribution in [1.29, 1.82) is 0 Å². The van der Waals surface area contributed by atoms with Crippen molar-refractivity contribution in [3.8, 4) is 5.75 Å². The lowest BCUT2D eigenvalue weighted by Gasteiger charge is -2.38. The predicted molar refractivity (Wildman–Crippen MR) is 95.1 cm³/mol. The second-order valence-electron chi connectivity index (χ2n) is 6.14. The zero-order valence-electron chi connectivity index (χ0n) is 14.1. The molecular formula is C18H22N2O3S. The molecule has 0 spiro atoms. The van der Waals surface area contributed by atoms with Crippen molar-refractivity contribution in [2.45, 2.75) is 17.4 Å². The van der Waals surface area contributed by atoms with Crippen LogP contribution in [-0.4, -0.2) is 47.1 Å². The van der Waals surface area contributed by atoms with Gasteiger partial charge in [0.1, 0.15) is 10.6 Å². The summed E-state index contributed by atoms with van der Waals surface area (Å²) in [7, 11) is 1.74. The van der Waals surface area contributed by atoms with Crippen molar-refractivity contribution in [1.82, 2.24) is 4.90 Å². The first-order valence-electron chi connectivity index (χ1n) is 7.85. The van der Waals surface area contributed by atoms with E-state index in [1.165, 1.54) is 11.4 Å². The van der Waals surface area contributed by atoms with E-state index in [1.54, 1.807) is 24.3 Å². The molecule has 1 atom stereocenters. The van der Waals surface area contributed by atoms with Crippen molar-refractivity contribution in [3.63, 3.8) is 0 Å². The fourth-order valence-electron chi connectivity index (χ4n) is 3.06. The van der Waals surface area contributed by atoms with Crippen molar-refractivity contribution in [2.75, 3.05) is 32.1 Å². The van der Waals surface area contributed by atoms with Crippen molar-refractivity contribution in [2.24, 2.45) is 0 Å². The van der Waals surface area contributed by atoms with E-state index in [2.05, 4.69) is 4.90 Å². The Balaban J connectivity index is 2.13. The van der Waals surface area contributed by atoms with Gasteiger partial charge in [0.25, 0.3) is 10.0 Å². The van der Waals surface area contributed by atoms with Gasteiger partial charge < -0.3 is 9.64 Å². The molecule has 0 amide bonds.